The second-order valence-electron chi connectivity index (χ2n) is 6.24. The van der Waals surface area contributed by atoms with E-state index in [9.17, 15) is 18.0 Å². The number of hydrogen-bond acceptors (Lipinski definition) is 4. The van der Waals surface area contributed by atoms with E-state index in [2.05, 4.69) is 0 Å². The Labute approximate surface area is 149 Å². The summed E-state index contributed by atoms with van der Waals surface area (Å²) >= 11 is 0. The van der Waals surface area contributed by atoms with Crippen LogP contribution in [0.15, 0.2) is 52.6 Å². The summed E-state index contributed by atoms with van der Waals surface area (Å²) in [6, 6.07) is 5.89. The van der Waals surface area contributed by atoms with Crippen molar-refractivity contribution in [1.29, 1.82) is 0 Å². The van der Waals surface area contributed by atoms with Crippen molar-refractivity contribution in [2.75, 3.05) is 0 Å². The maximum atomic E-state index is 13.1. The standard InChI is InChI=1S/C19H23NO4S/c1-5-18(22)12-17-11-16(15(4)21)10-14(3)20(17)25(23,24)19-8-6-13(2)7-9-19/h6-11,17H,5,12H2,1-4H3. The predicted molar refractivity (Wildman–Crippen MR) is 96.4 cm³/mol. The van der Waals surface area contributed by atoms with Gasteiger partial charge in [0.15, 0.2) is 5.78 Å². The van der Waals surface area contributed by atoms with Gasteiger partial charge in [-0.1, -0.05) is 24.6 Å². The SMILES string of the molecule is CCC(=O)CC1C=C(C(C)=O)C=C(C)N1S(=O)(=O)c1ccc(C)cc1. The van der Waals surface area contributed by atoms with Gasteiger partial charge in [-0.25, -0.2) is 8.42 Å². The van der Waals surface area contributed by atoms with Gasteiger partial charge in [0.1, 0.15) is 5.78 Å². The van der Waals surface area contributed by atoms with Gasteiger partial charge in [0.2, 0.25) is 0 Å². The summed E-state index contributed by atoms with van der Waals surface area (Å²) in [5.41, 5.74) is 1.82. The van der Waals surface area contributed by atoms with Crippen LogP contribution in [-0.2, 0) is 19.6 Å². The Kier molecular flexibility index (Phi) is 5.62. The third-order valence-electron chi connectivity index (χ3n) is 4.20. The molecule has 134 valence electrons. The van der Waals surface area contributed by atoms with Crippen molar-refractivity contribution in [3.05, 3.63) is 53.3 Å². The van der Waals surface area contributed by atoms with Crippen molar-refractivity contribution in [2.24, 2.45) is 0 Å². The fourth-order valence-electron chi connectivity index (χ4n) is 2.80. The molecule has 5 nitrogen and oxygen atoms in total. The van der Waals surface area contributed by atoms with E-state index in [0.29, 0.717) is 17.7 Å². The summed E-state index contributed by atoms with van der Waals surface area (Å²) < 4.78 is 27.5. The Balaban J connectivity index is 2.51. The molecule has 1 heterocycles. The van der Waals surface area contributed by atoms with E-state index in [0.717, 1.165) is 5.56 Å². The van der Waals surface area contributed by atoms with Crippen LogP contribution in [0, 0.1) is 6.92 Å². The average molecular weight is 361 g/mol. The predicted octanol–water partition coefficient (Wildman–Crippen LogP) is 3.16. The third-order valence-corrected chi connectivity index (χ3v) is 6.15. The highest BCUT2D eigenvalue weighted by Gasteiger charge is 2.34. The number of ketones is 2. The van der Waals surface area contributed by atoms with E-state index < -0.39 is 16.1 Å². The summed E-state index contributed by atoms with van der Waals surface area (Å²) in [5.74, 6) is -0.205. The van der Waals surface area contributed by atoms with Gasteiger partial charge in [0, 0.05) is 24.1 Å². The molecule has 0 radical (unpaired) electrons. The van der Waals surface area contributed by atoms with E-state index >= 15 is 0 Å². The van der Waals surface area contributed by atoms with Crippen LogP contribution < -0.4 is 0 Å². The minimum Gasteiger partial charge on any atom is -0.300 e. The molecule has 1 atom stereocenters. The van der Waals surface area contributed by atoms with Crippen LogP contribution in [0.25, 0.3) is 0 Å². The van der Waals surface area contributed by atoms with Crippen molar-refractivity contribution in [3.63, 3.8) is 0 Å². The molecule has 0 aromatic heterocycles. The topological polar surface area (TPSA) is 71.5 Å². The quantitative estimate of drug-likeness (QED) is 0.780. The van der Waals surface area contributed by atoms with E-state index in [1.165, 1.54) is 11.2 Å². The summed E-state index contributed by atoms with van der Waals surface area (Å²) in [5, 5.41) is 0. The van der Waals surface area contributed by atoms with Crippen molar-refractivity contribution in [2.45, 2.75) is 51.5 Å². The lowest BCUT2D eigenvalue weighted by Gasteiger charge is -2.34. The monoisotopic (exact) mass is 361 g/mol. The molecule has 0 fully saturated rings. The van der Waals surface area contributed by atoms with Gasteiger partial charge in [-0.15, -0.1) is 0 Å². The first-order chi connectivity index (χ1) is 11.7. The van der Waals surface area contributed by atoms with Gasteiger partial charge in [-0.05, 0) is 45.1 Å². The summed E-state index contributed by atoms with van der Waals surface area (Å²) in [6.07, 6.45) is 3.50. The molecule has 6 heteroatoms. The Hall–Kier alpha value is -2.21. The van der Waals surface area contributed by atoms with Gasteiger partial charge in [-0.2, -0.15) is 0 Å². The largest absolute Gasteiger partial charge is 0.300 e. The summed E-state index contributed by atoms with van der Waals surface area (Å²) in [4.78, 5) is 23.9. The number of rotatable bonds is 6. The van der Waals surface area contributed by atoms with Crippen LogP contribution in [0.5, 0.6) is 0 Å². The lowest BCUT2D eigenvalue weighted by molar-refractivity contribution is -0.119. The fourth-order valence-corrected chi connectivity index (χ4v) is 4.43. The molecular weight excluding hydrogens is 338 g/mol. The van der Waals surface area contributed by atoms with E-state index in [-0.39, 0.29) is 22.9 Å². The molecule has 0 bridgehead atoms. The Bertz CT molecular complexity index is 848. The van der Waals surface area contributed by atoms with Gasteiger partial charge in [0.05, 0.1) is 10.9 Å². The highest BCUT2D eigenvalue weighted by Crippen LogP contribution is 2.30. The van der Waals surface area contributed by atoms with Crippen LogP contribution in [0.2, 0.25) is 0 Å². The zero-order valence-corrected chi connectivity index (χ0v) is 15.8. The maximum absolute atomic E-state index is 13.1. The first-order valence-electron chi connectivity index (χ1n) is 8.20. The molecule has 1 aliphatic rings. The molecule has 0 amide bonds. The van der Waals surface area contributed by atoms with E-state index in [1.54, 1.807) is 50.3 Å². The maximum Gasteiger partial charge on any atom is 0.264 e. The van der Waals surface area contributed by atoms with Gasteiger partial charge in [-0.3, -0.25) is 13.9 Å². The Morgan fingerprint density at radius 1 is 1.12 bits per heavy atom. The summed E-state index contributed by atoms with van der Waals surface area (Å²) in [6.45, 7) is 6.69. The Morgan fingerprint density at radius 3 is 2.24 bits per heavy atom. The molecule has 0 saturated carbocycles. The van der Waals surface area contributed by atoms with Crippen LogP contribution in [0.1, 0.15) is 39.2 Å². The van der Waals surface area contributed by atoms with Crippen molar-refractivity contribution < 1.29 is 18.0 Å². The summed E-state index contributed by atoms with van der Waals surface area (Å²) in [7, 11) is -3.82. The average Bonchev–Trinajstić information content (AvgIpc) is 2.54. The second kappa shape index (κ2) is 7.35. The number of benzene rings is 1. The molecule has 1 aromatic carbocycles. The fraction of sp³-hybridized carbons (Fsp3) is 0.368. The third kappa shape index (κ3) is 4.07. The molecule has 0 N–H and O–H groups in total. The zero-order chi connectivity index (χ0) is 18.8. The highest BCUT2D eigenvalue weighted by molar-refractivity contribution is 7.89. The van der Waals surface area contributed by atoms with Crippen LogP contribution in [-0.4, -0.2) is 30.3 Å². The molecule has 1 aliphatic heterocycles. The van der Waals surface area contributed by atoms with E-state index in [4.69, 9.17) is 0 Å². The van der Waals surface area contributed by atoms with Crippen molar-refractivity contribution in [1.82, 2.24) is 4.31 Å². The number of carbonyl (C=O) groups excluding carboxylic acids is 2. The smallest absolute Gasteiger partial charge is 0.264 e. The number of allylic oxidation sites excluding steroid dienone is 3. The van der Waals surface area contributed by atoms with Crippen molar-refractivity contribution in [3.8, 4) is 0 Å². The number of hydrogen-bond donors (Lipinski definition) is 0. The van der Waals surface area contributed by atoms with Gasteiger partial charge >= 0.3 is 0 Å². The second-order valence-corrected chi connectivity index (χ2v) is 8.06. The van der Waals surface area contributed by atoms with Gasteiger partial charge in [0.25, 0.3) is 10.0 Å². The molecule has 1 unspecified atom stereocenters. The number of carbonyl (C=O) groups is 2. The number of aryl methyl sites for hydroxylation is 1. The number of nitrogens with zero attached hydrogens (tertiary/aromatic N) is 1. The molecule has 0 spiro atoms. The first-order valence-corrected chi connectivity index (χ1v) is 9.64. The first kappa shape index (κ1) is 19.1. The van der Waals surface area contributed by atoms with Crippen LogP contribution in [0.4, 0.5) is 0 Å². The molecule has 0 saturated heterocycles. The molecule has 1 aromatic rings. The lowest BCUT2D eigenvalue weighted by atomic mass is 9.99. The molecule has 2 rings (SSSR count). The number of sulfonamides is 1. The Morgan fingerprint density at radius 2 is 1.72 bits per heavy atom. The minimum absolute atomic E-state index is 0.0452. The highest BCUT2D eigenvalue weighted by atomic mass is 32.2. The molecule has 25 heavy (non-hydrogen) atoms. The van der Waals surface area contributed by atoms with Crippen LogP contribution in [0.3, 0.4) is 0 Å². The molecule has 0 aliphatic carbocycles. The normalized spacial score (nSPS) is 17.8. The van der Waals surface area contributed by atoms with Gasteiger partial charge < -0.3 is 0 Å². The molecular formula is C19H23NO4S. The van der Waals surface area contributed by atoms with Crippen molar-refractivity contribution >= 4 is 21.6 Å². The lowest BCUT2D eigenvalue weighted by Crippen LogP contribution is -2.41. The van der Waals surface area contributed by atoms with E-state index in [1.807, 2.05) is 6.92 Å². The zero-order valence-electron chi connectivity index (χ0n) is 14.9. The minimum atomic E-state index is -3.82. The van der Waals surface area contributed by atoms with Crippen LogP contribution >= 0.6 is 0 Å². The number of Topliss-reactive ketones (excluding diaryl/α,β-unsaturated/α-hetero) is 2.